The quantitative estimate of drug-likeness (QED) is 0.0827. The van der Waals surface area contributed by atoms with Crippen LogP contribution in [-0.4, -0.2) is 107 Å². The third kappa shape index (κ3) is 20.8. The molecular formula is C27H39IN3O10. The Morgan fingerprint density at radius 2 is 1.41 bits per heavy atom. The lowest BCUT2D eigenvalue weighted by Gasteiger charge is -2.14. The first kappa shape index (κ1) is 36.4. The molecule has 14 heteroatoms. The van der Waals surface area contributed by atoms with E-state index in [1.165, 1.54) is 0 Å². The number of hydrogen-bond acceptors (Lipinski definition) is 9. The first-order valence-corrected chi connectivity index (χ1v) is 14.4. The van der Waals surface area contributed by atoms with Crippen LogP contribution in [0, 0.1) is 3.57 Å². The second-order valence-electron chi connectivity index (χ2n) is 8.65. The zero-order valence-corrected chi connectivity index (χ0v) is 25.2. The number of amides is 3. The molecule has 1 rings (SSSR count). The molecule has 0 fully saturated rings. The van der Waals surface area contributed by atoms with Crippen LogP contribution in [0.25, 0.3) is 0 Å². The van der Waals surface area contributed by atoms with Gasteiger partial charge in [-0.05, 0) is 59.5 Å². The number of aryl methyl sites for hydroxylation is 1. The van der Waals surface area contributed by atoms with Crippen molar-refractivity contribution in [1.29, 1.82) is 0 Å². The highest BCUT2D eigenvalue weighted by Gasteiger charge is 2.20. The number of carboxylic acid groups (broad SMARTS) is 1. The Bertz CT molecular complexity index is 917. The fourth-order valence-electron chi connectivity index (χ4n) is 3.29. The number of hydrogen-bond donors (Lipinski definition) is 4. The van der Waals surface area contributed by atoms with Gasteiger partial charge in [0.2, 0.25) is 24.0 Å². The van der Waals surface area contributed by atoms with E-state index in [4.69, 9.17) is 18.9 Å². The zero-order chi connectivity index (χ0) is 30.1. The van der Waals surface area contributed by atoms with E-state index in [2.05, 4.69) is 38.5 Å². The summed E-state index contributed by atoms with van der Waals surface area (Å²) in [6.45, 7) is 1.82. The van der Waals surface area contributed by atoms with Gasteiger partial charge in [0.25, 0.3) is 0 Å². The fourth-order valence-corrected chi connectivity index (χ4v) is 3.65. The van der Waals surface area contributed by atoms with E-state index in [-0.39, 0.29) is 83.2 Å². The molecule has 4 N–H and O–H groups in total. The standard InChI is InChI=1S/C27H39IN3O10/c28-22-6-4-21(5-7-22)2-1-3-25(34)31-23(27(36)37)8-9-24(33)29-10-13-39-18-19-41-20-26(35)30-11-14-38-16-17-40-15-12-32/h4-7,23H,1-3,8-11,13-20H2,(H,29,33)(H,30,35)(H,31,34)(H,36,37)/t23-/m0/s1. The molecule has 229 valence electrons. The number of benzene rings is 1. The van der Waals surface area contributed by atoms with Crippen LogP contribution < -0.4 is 16.0 Å². The van der Waals surface area contributed by atoms with Gasteiger partial charge >= 0.3 is 5.97 Å². The highest BCUT2D eigenvalue weighted by molar-refractivity contribution is 14.1. The smallest absolute Gasteiger partial charge is 0.326 e. The molecule has 0 heterocycles. The molecule has 41 heavy (non-hydrogen) atoms. The second-order valence-corrected chi connectivity index (χ2v) is 9.90. The Morgan fingerprint density at radius 1 is 0.805 bits per heavy atom. The fraction of sp³-hybridized carbons (Fsp3) is 0.593. The largest absolute Gasteiger partial charge is 0.480 e. The average molecular weight is 693 g/mol. The molecule has 0 saturated heterocycles. The van der Waals surface area contributed by atoms with Gasteiger partial charge in [-0.2, -0.15) is 0 Å². The maximum absolute atomic E-state index is 12.2. The topological polar surface area (TPSA) is 179 Å². The Hall–Kier alpha value is -2.66. The number of carbonyl (C=O) groups excluding carboxylic acids is 4. The van der Waals surface area contributed by atoms with Gasteiger partial charge in [-0.3, -0.25) is 19.2 Å². The number of ether oxygens (including phenoxy) is 4. The third-order valence-electron chi connectivity index (χ3n) is 5.35. The first-order valence-electron chi connectivity index (χ1n) is 13.3. The highest BCUT2D eigenvalue weighted by atomic mass is 127. The summed E-state index contributed by atoms with van der Waals surface area (Å²) >= 11 is 2.22. The van der Waals surface area contributed by atoms with Gasteiger partial charge in [0.15, 0.2) is 0 Å². The minimum atomic E-state index is -1.19. The summed E-state index contributed by atoms with van der Waals surface area (Å²) in [5.41, 5.74) is 1.11. The molecule has 0 bridgehead atoms. The van der Waals surface area contributed by atoms with E-state index < -0.39 is 12.0 Å². The predicted molar refractivity (Wildman–Crippen MR) is 156 cm³/mol. The van der Waals surface area contributed by atoms with Gasteiger partial charge < -0.3 is 40.0 Å². The zero-order valence-electron chi connectivity index (χ0n) is 23.0. The van der Waals surface area contributed by atoms with Gasteiger partial charge in [-0.25, -0.2) is 4.79 Å². The van der Waals surface area contributed by atoms with Crippen molar-refractivity contribution in [3.05, 3.63) is 33.4 Å². The molecule has 1 atom stereocenters. The summed E-state index contributed by atoms with van der Waals surface area (Å²) in [6, 6.07) is 6.84. The normalized spacial score (nSPS) is 11.4. The number of carboxylic acids is 1. The van der Waals surface area contributed by atoms with E-state index in [0.29, 0.717) is 32.6 Å². The number of nitrogens with one attached hydrogen (secondary N) is 3. The van der Waals surface area contributed by atoms with Crippen molar-refractivity contribution in [2.75, 3.05) is 65.9 Å². The van der Waals surface area contributed by atoms with Gasteiger partial charge in [0.1, 0.15) is 19.3 Å². The summed E-state index contributed by atoms with van der Waals surface area (Å²) in [7, 11) is 0. The van der Waals surface area contributed by atoms with Crippen LogP contribution in [0.15, 0.2) is 24.3 Å². The van der Waals surface area contributed by atoms with Crippen LogP contribution in [0.1, 0.15) is 31.2 Å². The summed E-state index contributed by atoms with van der Waals surface area (Å²) in [4.78, 5) is 57.3. The van der Waals surface area contributed by atoms with E-state index in [0.717, 1.165) is 9.13 Å². The molecule has 0 aromatic heterocycles. The third-order valence-corrected chi connectivity index (χ3v) is 6.07. The van der Waals surface area contributed by atoms with E-state index in [1.54, 1.807) is 6.29 Å². The van der Waals surface area contributed by atoms with Crippen molar-refractivity contribution in [1.82, 2.24) is 16.0 Å². The van der Waals surface area contributed by atoms with Gasteiger partial charge in [0.05, 0.1) is 39.6 Å². The summed E-state index contributed by atoms with van der Waals surface area (Å²) in [6.07, 6.45) is 3.02. The minimum Gasteiger partial charge on any atom is -0.480 e. The van der Waals surface area contributed by atoms with E-state index >= 15 is 0 Å². The lowest BCUT2D eigenvalue weighted by Crippen LogP contribution is -2.41. The Morgan fingerprint density at radius 3 is 2.05 bits per heavy atom. The first-order chi connectivity index (χ1) is 19.8. The van der Waals surface area contributed by atoms with Crippen molar-refractivity contribution in [3.63, 3.8) is 0 Å². The Kier molecular flexibility index (Phi) is 21.3. The van der Waals surface area contributed by atoms with Crippen LogP contribution >= 0.6 is 22.6 Å². The molecule has 0 saturated carbocycles. The summed E-state index contributed by atoms with van der Waals surface area (Å²) in [5.74, 6) is -2.20. The molecule has 1 aromatic rings. The van der Waals surface area contributed by atoms with Crippen LogP contribution in [0.2, 0.25) is 0 Å². The lowest BCUT2D eigenvalue weighted by atomic mass is 10.1. The van der Waals surface area contributed by atoms with Gasteiger partial charge in [0, 0.05) is 29.5 Å². The number of halogens is 1. The molecule has 0 unspecified atom stereocenters. The SMILES string of the molecule is O=[C]COCCOCCNC(=O)COCCOCCNC(=O)CC[C@H](NC(=O)CCCc1ccc(I)cc1)C(=O)O. The van der Waals surface area contributed by atoms with Crippen LogP contribution in [0.3, 0.4) is 0 Å². The predicted octanol–water partition coefficient (Wildman–Crippen LogP) is 0.372. The minimum absolute atomic E-state index is 0.0262. The molecular weight excluding hydrogens is 653 g/mol. The lowest BCUT2D eigenvalue weighted by molar-refractivity contribution is -0.142. The van der Waals surface area contributed by atoms with Crippen molar-refractivity contribution < 1.29 is 48.0 Å². The van der Waals surface area contributed by atoms with Crippen LogP contribution in [0.4, 0.5) is 0 Å². The van der Waals surface area contributed by atoms with Crippen LogP contribution in [0.5, 0.6) is 0 Å². The van der Waals surface area contributed by atoms with Crippen LogP contribution in [-0.2, 0) is 49.3 Å². The maximum atomic E-state index is 12.2. The van der Waals surface area contributed by atoms with E-state index in [9.17, 15) is 29.1 Å². The molecule has 1 radical (unpaired) electrons. The van der Waals surface area contributed by atoms with Crippen molar-refractivity contribution in [2.45, 2.75) is 38.1 Å². The maximum Gasteiger partial charge on any atom is 0.326 e. The van der Waals surface area contributed by atoms with Gasteiger partial charge in [-0.15, -0.1) is 0 Å². The molecule has 0 aliphatic rings. The number of rotatable bonds is 25. The molecule has 3 amide bonds. The van der Waals surface area contributed by atoms with Gasteiger partial charge in [-0.1, -0.05) is 12.1 Å². The monoisotopic (exact) mass is 692 g/mol. The van der Waals surface area contributed by atoms with Crippen molar-refractivity contribution in [3.8, 4) is 0 Å². The number of aliphatic carboxylic acids is 1. The molecule has 0 aliphatic carbocycles. The Labute approximate surface area is 253 Å². The molecule has 13 nitrogen and oxygen atoms in total. The second kappa shape index (κ2) is 24.0. The Balaban J connectivity index is 2.02. The number of carbonyl (C=O) groups is 4. The molecule has 0 aliphatic heterocycles. The molecule has 1 aromatic carbocycles. The van der Waals surface area contributed by atoms with E-state index in [1.807, 2.05) is 24.3 Å². The van der Waals surface area contributed by atoms with Crippen molar-refractivity contribution in [2.24, 2.45) is 0 Å². The summed E-state index contributed by atoms with van der Waals surface area (Å²) in [5, 5.41) is 17.1. The molecule has 0 spiro atoms. The summed E-state index contributed by atoms with van der Waals surface area (Å²) < 4.78 is 21.7. The highest BCUT2D eigenvalue weighted by Crippen LogP contribution is 2.10. The average Bonchev–Trinajstić information content (AvgIpc) is 2.94. The van der Waals surface area contributed by atoms with Crippen molar-refractivity contribution >= 4 is 52.6 Å².